The maximum absolute atomic E-state index is 11.8. The molecular weight excluding hydrogens is 256 g/mol. The largest absolute Gasteiger partial charge is 0.307 e. The van der Waals surface area contributed by atoms with E-state index in [-0.39, 0.29) is 5.78 Å². The summed E-state index contributed by atoms with van der Waals surface area (Å²) in [6.07, 6.45) is 2.86. The van der Waals surface area contributed by atoms with Crippen molar-refractivity contribution in [2.24, 2.45) is 0 Å². The molecule has 1 fully saturated rings. The average Bonchev–Trinajstić information content (AvgIpc) is 3.16. The van der Waals surface area contributed by atoms with Crippen molar-refractivity contribution >= 4 is 17.1 Å². The minimum atomic E-state index is 0.223. The first-order chi connectivity index (χ1) is 9.31. The number of carbonyl (C=O) groups is 1. The Labute approximate surface area is 116 Å². The molecule has 0 amide bonds. The molecule has 0 unspecified atom stereocenters. The van der Waals surface area contributed by atoms with Gasteiger partial charge < -0.3 is 5.32 Å². The van der Waals surface area contributed by atoms with Crippen molar-refractivity contribution in [3.63, 3.8) is 0 Å². The quantitative estimate of drug-likeness (QED) is 0.879. The molecule has 1 heterocycles. The third-order valence-electron chi connectivity index (χ3n) is 3.13. The van der Waals surface area contributed by atoms with E-state index < -0.39 is 0 Å². The van der Waals surface area contributed by atoms with Crippen LogP contribution >= 0.6 is 11.3 Å². The van der Waals surface area contributed by atoms with Gasteiger partial charge in [-0.3, -0.25) is 4.79 Å². The Morgan fingerprint density at radius 3 is 2.84 bits per heavy atom. The maximum atomic E-state index is 11.8. The minimum absolute atomic E-state index is 0.223. The van der Waals surface area contributed by atoms with Gasteiger partial charge in [-0.15, -0.1) is 11.3 Å². The Bertz CT molecular complexity index is 561. The lowest BCUT2D eigenvalue weighted by molar-refractivity contribution is -0.117. The monoisotopic (exact) mass is 272 g/mol. The number of rotatable bonds is 6. The normalized spacial score (nSPS) is 14.5. The van der Waals surface area contributed by atoms with Crippen LogP contribution in [-0.4, -0.2) is 23.4 Å². The fourth-order valence-electron chi connectivity index (χ4n) is 1.91. The summed E-state index contributed by atoms with van der Waals surface area (Å²) in [5.74, 6) is 0.223. The minimum Gasteiger partial charge on any atom is -0.307 e. The Hall–Kier alpha value is -1.52. The van der Waals surface area contributed by atoms with Gasteiger partial charge in [0.1, 0.15) is 5.01 Å². The number of nitrogens with one attached hydrogen (secondary N) is 1. The number of aromatic nitrogens is 1. The van der Waals surface area contributed by atoms with Gasteiger partial charge in [-0.1, -0.05) is 30.3 Å². The molecule has 98 valence electrons. The molecule has 0 radical (unpaired) electrons. The van der Waals surface area contributed by atoms with Gasteiger partial charge in [-0.05, 0) is 12.8 Å². The van der Waals surface area contributed by atoms with Crippen LogP contribution in [0.2, 0.25) is 0 Å². The maximum Gasteiger partial charge on any atom is 0.153 e. The van der Waals surface area contributed by atoms with Crippen LogP contribution in [0.5, 0.6) is 0 Å². The fourth-order valence-corrected chi connectivity index (χ4v) is 2.74. The SMILES string of the molecule is O=C(CNC1CC1)Cc1nc(-c2ccccc2)cs1. The number of Topliss-reactive ketones (excluding diaryl/α,β-unsaturated/α-hetero) is 1. The van der Waals surface area contributed by atoms with Crippen molar-refractivity contribution < 1.29 is 4.79 Å². The zero-order valence-corrected chi connectivity index (χ0v) is 11.5. The van der Waals surface area contributed by atoms with Crippen molar-refractivity contribution in [2.75, 3.05) is 6.54 Å². The predicted molar refractivity (Wildman–Crippen MR) is 77.3 cm³/mol. The van der Waals surface area contributed by atoms with Crippen molar-refractivity contribution in [3.8, 4) is 11.3 Å². The second-order valence-corrected chi connectivity index (χ2v) is 5.81. The molecule has 1 aromatic heterocycles. The molecule has 0 aliphatic heterocycles. The second kappa shape index (κ2) is 5.63. The fraction of sp³-hybridized carbons (Fsp3) is 0.333. The van der Waals surface area contributed by atoms with E-state index in [9.17, 15) is 4.79 Å². The average molecular weight is 272 g/mol. The summed E-state index contributed by atoms with van der Waals surface area (Å²) in [5, 5.41) is 6.17. The molecule has 1 N–H and O–H groups in total. The molecule has 2 aromatic rings. The van der Waals surface area contributed by atoms with Crippen molar-refractivity contribution in [2.45, 2.75) is 25.3 Å². The van der Waals surface area contributed by atoms with Crippen LogP contribution in [0.3, 0.4) is 0 Å². The topological polar surface area (TPSA) is 42.0 Å². The van der Waals surface area contributed by atoms with Crippen LogP contribution in [0.25, 0.3) is 11.3 Å². The molecule has 3 rings (SSSR count). The summed E-state index contributed by atoms with van der Waals surface area (Å²) in [6, 6.07) is 10.6. The van der Waals surface area contributed by atoms with Crippen LogP contribution in [0.15, 0.2) is 35.7 Å². The number of benzene rings is 1. The summed E-state index contributed by atoms with van der Waals surface area (Å²) >= 11 is 1.56. The predicted octanol–water partition coefficient (Wildman–Crippen LogP) is 2.67. The molecule has 1 aliphatic rings. The molecule has 1 aliphatic carbocycles. The Kier molecular flexibility index (Phi) is 3.71. The van der Waals surface area contributed by atoms with Gasteiger partial charge in [0.05, 0.1) is 18.7 Å². The molecule has 19 heavy (non-hydrogen) atoms. The standard InChI is InChI=1S/C15H16N2OS/c18-13(9-16-12-6-7-12)8-15-17-14(10-19-15)11-4-2-1-3-5-11/h1-5,10,12,16H,6-9H2. The molecular formula is C15H16N2OS. The Morgan fingerprint density at radius 1 is 1.32 bits per heavy atom. The van der Waals surface area contributed by atoms with Gasteiger partial charge in [-0.2, -0.15) is 0 Å². The molecule has 1 aromatic carbocycles. The first-order valence-corrected chi connectivity index (χ1v) is 7.44. The zero-order chi connectivity index (χ0) is 13.1. The lowest BCUT2D eigenvalue weighted by Crippen LogP contribution is -2.25. The number of thiazole rings is 1. The number of ketones is 1. The molecule has 3 nitrogen and oxygen atoms in total. The molecule has 1 saturated carbocycles. The summed E-state index contributed by atoms with van der Waals surface area (Å²) in [5.41, 5.74) is 2.07. The Morgan fingerprint density at radius 2 is 2.11 bits per heavy atom. The molecule has 0 atom stereocenters. The first kappa shape index (κ1) is 12.5. The van der Waals surface area contributed by atoms with Crippen LogP contribution in [0.4, 0.5) is 0 Å². The Balaban J connectivity index is 1.59. The van der Waals surface area contributed by atoms with E-state index in [1.807, 2.05) is 35.7 Å². The second-order valence-electron chi connectivity index (χ2n) is 4.86. The van der Waals surface area contributed by atoms with Gasteiger partial charge in [0.15, 0.2) is 5.78 Å². The third kappa shape index (κ3) is 3.49. The highest BCUT2D eigenvalue weighted by atomic mass is 32.1. The van der Waals surface area contributed by atoms with E-state index in [0.717, 1.165) is 16.3 Å². The van der Waals surface area contributed by atoms with Gasteiger partial charge in [0.2, 0.25) is 0 Å². The molecule has 0 spiro atoms. The lowest BCUT2D eigenvalue weighted by atomic mass is 10.2. The highest BCUT2D eigenvalue weighted by Gasteiger charge is 2.21. The van der Waals surface area contributed by atoms with Crippen molar-refractivity contribution in [1.82, 2.24) is 10.3 Å². The van der Waals surface area contributed by atoms with E-state index in [1.165, 1.54) is 12.8 Å². The summed E-state index contributed by atoms with van der Waals surface area (Å²) in [4.78, 5) is 16.3. The number of hydrogen-bond acceptors (Lipinski definition) is 4. The molecule has 0 bridgehead atoms. The van der Waals surface area contributed by atoms with E-state index in [4.69, 9.17) is 0 Å². The third-order valence-corrected chi connectivity index (χ3v) is 3.98. The first-order valence-electron chi connectivity index (χ1n) is 6.56. The van der Waals surface area contributed by atoms with Gasteiger partial charge in [0.25, 0.3) is 0 Å². The van der Waals surface area contributed by atoms with Gasteiger partial charge >= 0.3 is 0 Å². The molecule has 4 heteroatoms. The molecule has 0 saturated heterocycles. The van der Waals surface area contributed by atoms with Gasteiger partial charge in [0, 0.05) is 17.0 Å². The van der Waals surface area contributed by atoms with E-state index >= 15 is 0 Å². The highest BCUT2D eigenvalue weighted by Crippen LogP contribution is 2.22. The van der Waals surface area contributed by atoms with E-state index in [2.05, 4.69) is 10.3 Å². The van der Waals surface area contributed by atoms with E-state index in [0.29, 0.717) is 19.0 Å². The van der Waals surface area contributed by atoms with Crippen LogP contribution in [-0.2, 0) is 11.2 Å². The smallest absolute Gasteiger partial charge is 0.153 e. The van der Waals surface area contributed by atoms with E-state index in [1.54, 1.807) is 11.3 Å². The summed E-state index contributed by atoms with van der Waals surface area (Å²) < 4.78 is 0. The van der Waals surface area contributed by atoms with Crippen molar-refractivity contribution in [1.29, 1.82) is 0 Å². The number of hydrogen-bond donors (Lipinski definition) is 1. The number of carbonyl (C=O) groups excluding carboxylic acids is 1. The summed E-state index contributed by atoms with van der Waals surface area (Å²) in [6.45, 7) is 0.477. The van der Waals surface area contributed by atoms with Crippen molar-refractivity contribution in [3.05, 3.63) is 40.7 Å². The summed E-state index contributed by atoms with van der Waals surface area (Å²) in [7, 11) is 0. The highest BCUT2D eigenvalue weighted by molar-refractivity contribution is 7.10. The zero-order valence-electron chi connectivity index (χ0n) is 10.6. The van der Waals surface area contributed by atoms with Gasteiger partial charge in [-0.25, -0.2) is 4.98 Å². The van der Waals surface area contributed by atoms with Crippen LogP contribution in [0, 0.1) is 0 Å². The number of nitrogens with zero attached hydrogens (tertiary/aromatic N) is 1. The lowest BCUT2D eigenvalue weighted by Gasteiger charge is -1.99. The van der Waals surface area contributed by atoms with Crippen LogP contribution in [0.1, 0.15) is 17.8 Å². The van der Waals surface area contributed by atoms with Crippen LogP contribution < -0.4 is 5.32 Å².